The molecule has 0 unspecified atom stereocenters. The first-order valence-electron chi connectivity index (χ1n) is 3.71. The van der Waals surface area contributed by atoms with Crippen LogP contribution in [0.15, 0.2) is 27.5 Å². The Morgan fingerprint density at radius 2 is 2.07 bits per heavy atom. The molecule has 1 aromatic carbocycles. The van der Waals surface area contributed by atoms with Gasteiger partial charge in [-0.1, -0.05) is 11.6 Å². The molecule has 0 spiro atoms. The average molecular weight is 247 g/mol. The Morgan fingerprint density at radius 1 is 1.40 bits per heavy atom. The summed E-state index contributed by atoms with van der Waals surface area (Å²) in [6, 6.07) is 3.31. The van der Waals surface area contributed by atoms with Gasteiger partial charge in [0.1, 0.15) is 4.90 Å². The Bertz CT molecular complexity index is 593. The fourth-order valence-corrected chi connectivity index (χ4v) is 2.79. The van der Waals surface area contributed by atoms with E-state index in [1.807, 2.05) is 0 Å². The van der Waals surface area contributed by atoms with Crippen molar-refractivity contribution in [3.8, 4) is 0 Å². The topological polar surface area (TPSA) is 89.6 Å². The molecule has 0 saturated heterocycles. The molecule has 0 saturated carbocycles. The number of nitro benzene ring substituents is 1. The second kappa shape index (κ2) is 3.01. The van der Waals surface area contributed by atoms with E-state index in [-0.39, 0.29) is 21.3 Å². The van der Waals surface area contributed by atoms with Gasteiger partial charge in [-0.3, -0.25) is 10.1 Å². The zero-order valence-corrected chi connectivity index (χ0v) is 8.62. The van der Waals surface area contributed by atoms with Crippen LogP contribution in [0.3, 0.4) is 0 Å². The number of hydrogen-bond donors (Lipinski definition) is 0. The maximum Gasteiger partial charge on any atom is 0.284 e. The molecule has 0 aromatic heterocycles. The van der Waals surface area contributed by atoms with Gasteiger partial charge in [-0.05, 0) is 6.07 Å². The first-order chi connectivity index (χ1) is 6.92. The van der Waals surface area contributed by atoms with Crippen molar-refractivity contribution in [1.29, 1.82) is 0 Å². The summed E-state index contributed by atoms with van der Waals surface area (Å²) in [4.78, 5) is 9.71. The fraction of sp³-hybridized carbons (Fsp3) is 0. The highest BCUT2D eigenvalue weighted by molar-refractivity contribution is 7.91. The second-order valence-corrected chi connectivity index (χ2v) is 4.73. The first kappa shape index (κ1) is 10.1. The third kappa shape index (κ3) is 1.49. The van der Waals surface area contributed by atoms with Crippen molar-refractivity contribution in [3.05, 3.63) is 33.9 Å². The van der Waals surface area contributed by atoms with Crippen molar-refractivity contribution in [1.82, 2.24) is 0 Å². The molecule has 2 rings (SSSR count). The monoisotopic (exact) mass is 246 g/mol. The summed E-state index contributed by atoms with van der Waals surface area (Å²) in [7, 11) is -3.76. The van der Waals surface area contributed by atoms with Crippen molar-refractivity contribution in [2.24, 2.45) is 4.40 Å². The van der Waals surface area contributed by atoms with Crippen LogP contribution >= 0.6 is 11.6 Å². The van der Waals surface area contributed by atoms with Gasteiger partial charge in [0, 0.05) is 17.7 Å². The molecule has 6 nitrogen and oxygen atoms in total. The van der Waals surface area contributed by atoms with Gasteiger partial charge in [0.15, 0.2) is 5.17 Å². The second-order valence-electron chi connectivity index (χ2n) is 2.79. The third-order valence-electron chi connectivity index (χ3n) is 1.87. The van der Waals surface area contributed by atoms with Gasteiger partial charge in [-0.15, -0.1) is 4.40 Å². The van der Waals surface area contributed by atoms with Crippen LogP contribution in [0.5, 0.6) is 0 Å². The Balaban J connectivity index is 2.72. The molecule has 0 amide bonds. The Hall–Kier alpha value is -1.47. The van der Waals surface area contributed by atoms with Crippen LogP contribution in [-0.4, -0.2) is 18.5 Å². The van der Waals surface area contributed by atoms with Crippen LogP contribution in [0.2, 0.25) is 0 Å². The highest BCUT2D eigenvalue weighted by Gasteiger charge is 2.29. The first-order valence-corrected chi connectivity index (χ1v) is 5.53. The van der Waals surface area contributed by atoms with Crippen LogP contribution in [0.1, 0.15) is 5.56 Å². The van der Waals surface area contributed by atoms with E-state index in [1.54, 1.807) is 0 Å². The summed E-state index contributed by atoms with van der Waals surface area (Å²) >= 11 is 5.55. The molecule has 1 aromatic rings. The van der Waals surface area contributed by atoms with Crippen LogP contribution < -0.4 is 0 Å². The zero-order valence-electron chi connectivity index (χ0n) is 7.05. The van der Waals surface area contributed by atoms with E-state index in [0.717, 1.165) is 18.2 Å². The summed E-state index contributed by atoms with van der Waals surface area (Å²) < 4.78 is 25.8. The van der Waals surface area contributed by atoms with Crippen molar-refractivity contribution in [2.75, 3.05) is 0 Å². The summed E-state index contributed by atoms with van der Waals surface area (Å²) in [5.41, 5.74) is -0.148. The van der Waals surface area contributed by atoms with Crippen LogP contribution in [0.4, 0.5) is 5.69 Å². The maximum atomic E-state index is 11.3. The lowest BCUT2D eigenvalue weighted by Gasteiger charge is -1.96. The van der Waals surface area contributed by atoms with Gasteiger partial charge >= 0.3 is 0 Å². The maximum absolute atomic E-state index is 11.3. The van der Waals surface area contributed by atoms with Crippen LogP contribution in [0, 0.1) is 10.1 Å². The lowest BCUT2D eigenvalue weighted by molar-refractivity contribution is -0.384. The Kier molecular flexibility index (Phi) is 2.02. The smallest absolute Gasteiger partial charge is 0.258 e. The molecule has 1 aliphatic rings. The summed E-state index contributed by atoms with van der Waals surface area (Å²) in [6.45, 7) is 0. The van der Waals surface area contributed by atoms with Gasteiger partial charge < -0.3 is 0 Å². The van der Waals surface area contributed by atoms with E-state index in [2.05, 4.69) is 4.40 Å². The number of sulfonamides is 1. The van der Waals surface area contributed by atoms with Gasteiger partial charge in [-0.2, -0.15) is 8.42 Å². The van der Waals surface area contributed by atoms with Crippen LogP contribution in [-0.2, 0) is 10.0 Å². The number of non-ortho nitro benzene ring substituents is 1. The van der Waals surface area contributed by atoms with E-state index in [4.69, 9.17) is 11.6 Å². The minimum absolute atomic E-state index is 0.0749. The molecule has 78 valence electrons. The zero-order chi connectivity index (χ0) is 11.2. The summed E-state index contributed by atoms with van der Waals surface area (Å²) in [5.74, 6) is 0. The molecular formula is C7H3ClN2O4S. The van der Waals surface area contributed by atoms with Gasteiger partial charge in [0.25, 0.3) is 15.7 Å². The predicted octanol–water partition coefficient (Wildman–Crippen LogP) is 1.28. The minimum Gasteiger partial charge on any atom is -0.258 e. The van der Waals surface area contributed by atoms with Crippen molar-refractivity contribution in [3.63, 3.8) is 0 Å². The number of rotatable bonds is 1. The molecule has 0 aliphatic carbocycles. The van der Waals surface area contributed by atoms with Crippen molar-refractivity contribution >= 4 is 32.5 Å². The number of fused-ring (bicyclic) bond motifs is 1. The molecule has 0 bridgehead atoms. The molecule has 0 N–H and O–H groups in total. The number of benzene rings is 1. The standard InChI is InChI=1S/C7H3ClN2O4S/c8-7-5-3-4(10(11)12)1-2-6(5)15(13,14)9-7/h1-3H. The SMILES string of the molecule is O=[N+]([O-])c1ccc2c(c1)C(Cl)=NS2(=O)=O. The number of halogens is 1. The van der Waals surface area contributed by atoms with Crippen molar-refractivity contribution < 1.29 is 13.3 Å². The van der Waals surface area contributed by atoms with Gasteiger partial charge in [-0.25, -0.2) is 0 Å². The predicted molar refractivity (Wildman–Crippen MR) is 52.7 cm³/mol. The Morgan fingerprint density at radius 3 is 2.67 bits per heavy atom. The number of nitro groups is 1. The van der Waals surface area contributed by atoms with E-state index < -0.39 is 14.9 Å². The van der Waals surface area contributed by atoms with E-state index in [9.17, 15) is 18.5 Å². The van der Waals surface area contributed by atoms with Gasteiger partial charge in [0.2, 0.25) is 0 Å². The molecular weight excluding hydrogens is 244 g/mol. The van der Waals surface area contributed by atoms with Gasteiger partial charge in [0.05, 0.1) is 4.92 Å². The normalized spacial score (nSPS) is 17.0. The Labute approximate surface area is 89.4 Å². The average Bonchev–Trinajstić information content (AvgIpc) is 2.37. The minimum atomic E-state index is -3.76. The van der Waals surface area contributed by atoms with E-state index in [1.165, 1.54) is 0 Å². The molecule has 8 heteroatoms. The highest BCUT2D eigenvalue weighted by Crippen LogP contribution is 2.30. The summed E-state index contributed by atoms with van der Waals surface area (Å²) in [6.07, 6.45) is 0. The van der Waals surface area contributed by atoms with Crippen molar-refractivity contribution in [2.45, 2.75) is 4.90 Å². The molecule has 0 atom stereocenters. The molecule has 1 aliphatic heterocycles. The third-order valence-corrected chi connectivity index (χ3v) is 3.60. The lowest BCUT2D eigenvalue weighted by atomic mass is 10.2. The largest absolute Gasteiger partial charge is 0.284 e. The van der Waals surface area contributed by atoms with Crippen LogP contribution in [0.25, 0.3) is 0 Å². The fourth-order valence-electron chi connectivity index (χ4n) is 1.22. The number of hydrogen-bond acceptors (Lipinski definition) is 4. The molecule has 0 fully saturated rings. The van der Waals surface area contributed by atoms with E-state index in [0.29, 0.717) is 0 Å². The number of nitrogens with zero attached hydrogens (tertiary/aromatic N) is 2. The molecule has 0 radical (unpaired) electrons. The lowest BCUT2D eigenvalue weighted by Crippen LogP contribution is -1.96. The summed E-state index contributed by atoms with van der Waals surface area (Å²) in [5, 5.41) is 10.2. The highest BCUT2D eigenvalue weighted by atomic mass is 35.5. The molecule has 1 heterocycles. The van der Waals surface area contributed by atoms with E-state index >= 15 is 0 Å². The quantitative estimate of drug-likeness (QED) is 0.551. The molecule has 15 heavy (non-hydrogen) atoms.